The van der Waals surface area contributed by atoms with Crippen molar-refractivity contribution in [3.63, 3.8) is 0 Å². The van der Waals surface area contributed by atoms with E-state index < -0.39 is 0 Å². The summed E-state index contributed by atoms with van der Waals surface area (Å²) in [7, 11) is 1.80. The third-order valence-electron chi connectivity index (χ3n) is 4.78. The number of amides is 1. The Bertz CT molecular complexity index is 1260. The van der Waals surface area contributed by atoms with Crippen molar-refractivity contribution < 1.29 is 4.79 Å². The zero-order valence-corrected chi connectivity index (χ0v) is 16.6. The number of carbonyl (C=O) groups is 1. The summed E-state index contributed by atoms with van der Waals surface area (Å²) in [6.07, 6.45) is -0.0718. The molecule has 4 aromatic rings. The predicted molar refractivity (Wildman–Crippen MR) is 112 cm³/mol. The summed E-state index contributed by atoms with van der Waals surface area (Å²) in [5.74, 6) is 0.587. The van der Waals surface area contributed by atoms with Crippen LogP contribution in [0.3, 0.4) is 0 Å². The third kappa shape index (κ3) is 3.64. The molecule has 1 amide bonds. The van der Waals surface area contributed by atoms with Crippen LogP contribution in [0.25, 0.3) is 17.2 Å². The van der Waals surface area contributed by atoms with E-state index in [4.69, 9.17) is 11.6 Å². The van der Waals surface area contributed by atoms with Crippen molar-refractivity contribution in [2.24, 2.45) is 7.05 Å². The van der Waals surface area contributed by atoms with Crippen LogP contribution < -0.4 is 10.9 Å². The SMILES string of the molecule is Cc1c(CC(=O)Nc2ccc(Cl)cc2)c(=O)n2nc(-c3ccccc3)nc2n1C. The van der Waals surface area contributed by atoms with Gasteiger partial charge in [0.05, 0.1) is 6.42 Å². The minimum absolute atomic E-state index is 0.0718. The highest BCUT2D eigenvalue weighted by Gasteiger charge is 2.19. The van der Waals surface area contributed by atoms with Crippen LogP contribution in [0.4, 0.5) is 5.69 Å². The molecule has 0 saturated heterocycles. The number of rotatable bonds is 4. The van der Waals surface area contributed by atoms with E-state index in [0.29, 0.717) is 33.6 Å². The standard InChI is InChI=1S/C21H18ClN5O2/c1-13-17(12-18(28)23-16-10-8-15(22)9-11-16)20(29)27-21(26(13)2)24-19(25-27)14-6-4-3-5-7-14/h3-11H,12H2,1-2H3,(H,23,28). The summed E-state index contributed by atoms with van der Waals surface area (Å²) in [6, 6.07) is 16.2. The van der Waals surface area contributed by atoms with E-state index in [0.717, 1.165) is 5.56 Å². The molecule has 2 heterocycles. The molecule has 0 aliphatic heterocycles. The average molecular weight is 408 g/mol. The maximum absolute atomic E-state index is 13.0. The Morgan fingerprint density at radius 2 is 1.79 bits per heavy atom. The molecular weight excluding hydrogens is 390 g/mol. The highest BCUT2D eigenvalue weighted by molar-refractivity contribution is 6.30. The second-order valence-electron chi connectivity index (χ2n) is 6.67. The van der Waals surface area contributed by atoms with Crippen LogP contribution in [0.1, 0.15) is 11.3 Å². The zero-order chi connectivity index (χ0) is 20.5. The van der Waals surface area contributed by atoms with Gasteiger partial charge in [0, 0.05) is 34.6 Å². The molecule has 2 aromatic heterocycles. The van der Waals surface area contributed by atoms with E-state index >= 15 is 0 Å². The Hall–Kier alpha value is -3.45. The van der Waals surface area contributed by atoms with Crippen LogP contribution in [0.5, 0.6) is 0 Å². The normalized spacial score (nSPS) is 11.0. The van der Waals surface area contributed by atoms with Gasteiger partial charge < -0.3 is 9.88 Å². The molecule has 0 aliphatic rings. The van der Waals surface area contributed by atoms with Gasteiger partial charge in [0.25, 0.3) is 5.56 Å². The second-order valence-corrected chi connectivity index (χ2v) is 7.11. The number of carbonyl (C=O) groups excluding carboxylic acids is 1. The van der Waals surface area contributed by atoms with Gasteiger partial charge in [0.2, 0.25) is 11.7 Å². The Morgan fingerprint density at radius 3 is 2.48 bits per heavy atom. The van der Waals surface area contributed by atoms with Crippen molar-refractivity contribution in [3.05, 3.63) is 81.2 Å². The first-order valence-electron chi connectivity index (χ1n) is 9.00. The number of anilines is 1. The van der Waals surface area contributed by atoms with Crippen molar-refractivity contribution in [1.82, 2.24) is 19.2 Å². The molecule has 0 aliphatic carbocycles. The fourth-order valence-corrected chi connectivity index (χ4v) is 3.23. The second kappa shape index (κ2) is 7.52. The van der Waals surface area contributed by atoms with Crippen LogP contribution in [0.2, 0.25) is 5.02 Å². The van der Waals surface area contributed by atoms with Gasteiger partial charge in [-0.25, -0.2) is 0 Å². The molecule has 0 spiro atoms. The molecule has 0 atom stereocenters. The van der Waals surface area contributed by atoms with Gasteiger partial charge in [-0.1, -0.05) is 41.9 Å². The number of nitrogens with zero attached hydrogens (tertiary/aromatic N) is 4. The fraction of sp³-hybridized carbons (Fsp3) is 0.143. The first kappa shape index (κ1) is 18.9. The van der Waals surface area contributed by atoms with E-state index in [1.165, 1.54) is 4.52 Å². The summed E-state index contributed by atoms with van der Waals surface area (Å²) < 4.78 is 3.02. The molecule has 0 saturated carbocycles. The Balaban J connectivity index is 1.70. The molecule has 0 radical (unpaired) electrons. The van der Waals surface area contributed by atoms with Gasteiger partial charge in [-0.2, -0.15) is 9.50 Å². The number of hydrogen-bond donors (Lipinski definition) is 1. The smallest absolute Gasteiger partial charge is 0.279 e. The van der Waals surface area contributed by atoms with Gasteiger partial charge in [-0.05, 0) is 31.2 Å². The van der Waals surface area contributed by atoms with E-state index in [9.17, 15) is 9.59 Å². The molecule has 0 fully saturated rings. The lowest BCUT2D eigenvalue weighted by molar-refractivity contribution is -0.115. The Morgan fingerprint density at radius 1 is 1.10 bits per heavy atom. The van der Waals surface area contributed by atoms with E-state index in [-0.39, 0.29) is 17.9 Å². The lowest BCUT2D eigenvalue weighted by Gasteiger charge is -2.11. The van der Waals surface area contributed by atoms with Crippen molar-refractivity contribution in [3.8, 4) is 11.4 Å². The molecule has 8 heteroatoms. The monoisotopic (exact) mass is 407 g/mol. The number of halogens is 1. The quantitative estimate of drug-likeness (QED) is 0.563. The number of aryl methyl sites for hydroxylation is 1. The average Bonchev–Trinajstić information content (AvgIpc) is 3.18. The largest absolute Gasteiger partial charge is 0.326 e. The predicted octanol–water partition coefficient (Wildman–Crippen LogP) is 3.24. The highest BCUT2D eigenvalue weighted by atomic mass is 35.5. The lowest BCUT2D eigenvalue weighted by Crippen LogP contribution is -2.28. The summed E-state index contributed by atoms with van der Waals surface area (Å²) in [5.41, 5.74) is 2.12. The Kier molecular flexibility index (Phi) is 4.90. The van der Waals surface area contributed by atoms with Crippen LogP contribution in [-0.4, -0.2) is 25.1 Å². The maximum Gasteiger partial charge on any atom is 0.279 e. The molecule has 0 bridgehead atoms. The third-order valence-corrected chi connectivity index (χ3v) is 5.03. The van der Waals surface area contributed by atoms with Crippen molar-refractivity contribution in [2.45, 2.75) is 13.3 Å². The number of hydrogen-bond acceptors (Lipinski definition) is 4. The molecule has 1 N–H and O–H groups in total. The van der Waals surface area contributed by atoms with Crippen LogP contribution >= 0.6 is 11.6 Å². The minimum atomic E-state index is -0.350. The highest BCUT2D eigenvalue weighted by Crippen LogP contribution is 2.17. The van der Waals surface area contributed by atoms with E-state index in [1.54, 1.807) is 42.8 Å². The maximum atomic E-state index is 13.0. The number of benzene rings is 2. The van der Waals surface area contributed by atoms with Gasteiger partial charge in [0.1, 0.15) is 0 Å². The van der Waals surface area contributed by atoms with E-state index in [1.807, 2.05) is 30.3 Å². The van der Waals surface area contributed by atoms with Crippen molar-refractivity contribution >= 4 is 29.0 Å². The Labute approximate surface area is 171 Å². The minimum Gasteiger partial charge on any atom is -0.326 e. The van der Waals surface area contributed by atoms with Crippen LogP contribution in [-0.2, 0) is 18.3 Å². The van der Waals surface area contributed by atoms with Crippen LogP contribution in [0.15, 0.2) is 59.4 Å². The van der Waals surface area contributed by atoms with Crippen molar-refractivity contribution in [2.75, 3.05) is 5.32 Å². The zero-order valence-electron chi connectivity index (χ0n) is 15.9. The fourth-order valence-electron chi connectivity index (χ4n) is 3.10. The van der Waals surface area contributed by atoms with Gasteiger partial charge in [-0.15, -0.1) is 5.10 Å². The first-order chi connectivity index (χ1) is 13.9. The summed E-state index contributed by atoms with van der Waals surface area (Å²) >= 11 is 5.87. The van der Waals surface area contributed by atoms with Crippen LogP contribution in [0, 0.1) is 6.92 Å². The topological polar surface area (TPSA) is 81.3 Å². The molecular formula is C21H18ClN5O2. The molecule has 0 unspecified atom stereocenters. The number of aromatic nitrogens is 4. The van der Waals surface area contributed by atoms with E-state index in [2.05, 4.69) is 15.4 Å². The number of fused-ring (bicyclic) bond motifs is 1. The lowest BCUT2D eigenvalue weighted by atomic mass is 10.1. The number of nitrogens with one attached hydrogen (secondary N) is 1. The molecule has 29 heavy (non-hydrogen) atoms. The molecule has 146 valence electrons. The summed E-state index contributed by atoms with van der Waals surface area (Å²) in [4.78, 5) is 30.0. The first-order valence-corrected chi connectivity index (χ1v) is 9.38. The summed E-state index contributed by atoms with van der Waals surface area (Å²) in [6.45, 7) is 1.79. The van der Waals surface area contributed by atoms with Gasteiger partial charge >= 0.3 is 0 Å². The van der Waals surface area contributed by atoms with Gasteiger partial charge in [-0.3, -0.25) is 9.59 Å². The summed E-state index contributed by atoms with van der Waals surface area (Å²) in [5, 5.41) is 7.73. The molecule has 2 aromatic carbocycles. The van der Waals surface area contributed by atoms with Crippen molar-refractivity contribution in [1.29, 1.82) is 0 Å². The molecule has 4 rings (SSSR count). The molecule has 7 nitrogen and oxygen atoms in total. The van der Waals surface area contributed by atoms with Gasteiger partial charge in [0.15, 0.2) is 5.82 Å².